The molecule has 17 heavy (non-hydrogen) atoms. The highest BCUT2D eigenvalue weighted by Crippen LogP contribution is 2.23. The highest BCUT2D eigenvalue weighted by atomic mass is 19.3. The Hall–Kier alpha value is -2.04. The summed E-state index contributed by atoms with van der Waals surface area (Å²) in [5.74, 6) is -1.93. The average molecular weight is 240 g/mol. The van der Waals surface area contributed by atoms with Crippen molar-refractivity contribution in [2.75, 3.05) is 0 Å². The molecule has 0 fully saturated rings. The van der Waals surface area contributed by atoms with E-state index >= 15 is 0 Å². The van der Waals surface area contributed by atoms with E-state index in [9.17, 15) is 18.0 Å². The van der Waals surface area contributed by atoms with Gasteiger partial charge < -0.3 is 4.42 Å². The van der Waals surface area contributed by atoms with E-state index < -0.39 is 23.8 Å². The number of rotatable bonds is 3. The largest absolute Gasteiger partial charge is 0.453 e. The number of Topliss-reactive ketones (excluding diaryl/α,β-unsaturated/α-hetero) is 1. The Morgan fingerprint density at radius 1 is 1.06 bits per heavy atom. The third kappa shape index (κ3) is 2.38. The second-order valence-corrected chi connectivity index (χ2v) is 3.34. The summed E-state index contributed by atoms with van der Waals surface area (Å²) in [6.07, 6.45) is -3.10. The first-order chi connectivity index (χ1) is 8.08. The summed E-state index contributed by atoms with van der Waals surface area (Å²) < 4.78 is 41.9. The molecule has 0 spiro atoms. The van der Waals surface area contributed by atoms with Crippen LogP contribution in [-0.4, -0.2) is 12.2 Å². The van der Waals surface area contributed by atoms with Crippen molar-refractivity contribution < 1.29 is 22.4 Å². The second kappa shape index (κ2) is 4.45. The van der Waals surface area contributed by atoms with Gasteiger partial charge in [-0.05, 0) is 36.4 Å². The summed E-state index contributed by atoms with van der Waals surface area (Å²) in [7, 11) is 0. The van der Waals surface area contributed by atoms with Crippen LogP contribution in [-0.2, 0) is 0 Å². The van der Waals surface area contributed by atoms with Crippen LogP contribution in [0.5, 0.6) is 0 Å². The Bertz CT molecular complexity index is 529. The Labute approximate surface area is 94.7 Å². The smallest absolute Gasteiger partial charge is 0.303 e. The van der Waals surface area contributed by atoms with E-state index in [4.69, 9.17) is 4.42 Å². The minimum Gasteiger partial charge on any atom is -0.453 e. The lowest BCUT2D eigenvalue weighted by Gasteiger charge is -1.97. The summed E-state index contributed by atoms with van der Waals surface area (Å²) in [5.41, 5.74) is 0.514. The van der Waals surface area contributed by atoms with Gasteiger partial charge >= 0.3 is 6.43 Å². The number of furan rings is 1. The lowest BCUT2D eigenvalue weighted by atomic mass is 10.2. The van der Waals surface area contributed by atoms with Gasteiger partial charge in [-0.3, -0.25) is 4.79 Å². The van der Waals surface area contributed by atoms with Crippen molar-refractivity contribution in [2.24, 2.45) is 0 Å². The topological polar surface area (TPSA) is 30.2 Å². The van der Waals surface area contributed by atoms with Gasteiger partial charge in [-0.25, -0.2) is 13.2 Å². The van der Waals surface area contributed by atoms with E-state index in [1.54, 1.807) is 0 Å². The molecule has 1 heterocycles. The van der Waals surface area contributed by atoms with Crippen molar-refractivity contribution >= 4 is 5.78 Å². The number of hydrogen-bond acceptors (Lipinski definition) is 2. The molecule has 0 saturated heterocycles. The maximum absolute atomic E-state index is 12.7. The Morgan fingerprint density at radius 2 is 1.71 bits per heavy atom. The molecule has 0 N–H and O–H groups in total. The van der Waals surface area contributed by atoms with Crippen molar-refractivity contribution in [2.45, 2.75) is 6.43 Å². The van der Waals surface area contributed by atoms with Gasteiger partial charge in [0.2, 0.25) is 0 Å². The lowest BCUT2D eigenvalue weighted by Crippen LogP contribution is -2.08. The number of carbonyl (C=O) groups excluding carboxylic acids is 1. The molecule has 0 bridgehead atoms. The molecule has 0 aliphatic rings. The summed E-state index contributed by atoms with van der Waals surface area (Å²) in [6, 6.07) is 7.87. The minimum atomic E-state index is -3.10. The van der Waals surface area contributed by atoms with Crippen molar-refractivity contribution in [3.05, 3.63) is 48.0 Å². The van der Waals surface area contributed by atoms with Crippen molar-refractivity contribution in [1.29, 1.82) is 0 Å². The van der Waals surface area contributed by atoms with E-state index in [1.165, 1.54) is 36.4 Å². The van der Waals surface area contributed by atoms with Gasteiger partial charge in [0, 0.05) is 5.56 Å². The summed E-state index contributed by atoms with van der Waals surface area (Å²) in [4.78, 5) is 10.9. The van der Waals surface area contributed by atoms with Crippen molar-refractivity contribution in [3.63, 3.8) is 0 Å². The zero-order chi connectivity index (χ0) is 12.4. The molecule has 0 aliphatic carbocycles. The number of carbonyl (C=O) groups is 1. The molecule has 1 aromatic carbocycles. The number of hydrogen-bond donors (Lipinski definition) is 0. The molecular weight excluding hydrogens is 233 g/mol. The molecule has 2 rings (SSSR count). The molecule has 2 nitrogen and oxygen atoms in total. The van der Waals surface area contributed by atoms with Crippen LogP contribution in [0.15, 0.2) is 40.8 Å². The summed E-state index contributed by atoms with van der Waals surface area (Å²) in [6.45, 7) is 0. The zero-order valence-electron chi connectivity index (χ0n) is 8.49. The van der Waals surface area contributed by atoms with E-state index in [1.807, 2.05) is 0 Å². The van der Waals surface area contributed by atoms with E-state index in [0.29, 0.717) is 5.56 Å². The molecule has 0 unspecified atom stereocenters. The number of benzene rings is 1. The highest BCUT2D eigenvalue weighted by molar-refractivity contribution is 5.96. The fraction of sp³-hybridized carbons (Fsp3) is 0.0833. The molecule has 2 aromatic rings. The molecule has 1 aromatic heterocycles. The second-order valence-electron chi connectivity index (χ2n) is 3.34. The molecule has 88 valence electrons. The fourth-order valence-corrected chi connectivity index (χ4v) is 1.35. The molecular formula is C12H7F3O2. The first-order valence-corrected chi connectivity index (χ1v) is 4.76. The van der Waals surface area contributed by atoms with Gasteiger partial charge in [0.1, 0.15) is 11.6 Å². The first-order valence-electron chi connectivity index (χ1n) is 4.76. The van der Waals surface area contributed by atoms with Crippen molar-refractivity contribution in [1.82, 2.24) is 0 Å². The predicted octanol–water partition coefficient (Wildman–Crippen LogP) is 3.53. The SMILES string of the molecule is O=C(c1ccc(-c2ccc(F)cc2)o1)C(F)F. The Morgan fingerprint density at radius 3 is 2.29 bits per heavy atom. The van der Waals surface area contributed by atoms with Gasteiger partial charge in [-0.1, -0.05) is 0 Å². The van der Waals surface area contributed by atoms with Gasteiger partial charge in [0.05, 0.1) is 0 Å². The molecule has 5 heteroatoms. The highest BCUT2D eigenvalue weighted by Gasteiger charge is 2.21. The van der Waals surface area contributed by atoms with Crippen LogP contribution in [0, 0.1) is 5.82 Å². The number of ketones is 1. The summed E-state index contributed by atoms with van der Waals surface area (Å²) in [5, 5.41) is 0. The van der Waals surface area contributed by atoms with Crippen LogP contribution >= 0.6 is 0 Å². The third-order valence-electron chi connectivity index (χ3n) is 2.18. The normalized spacial score (nSPS) is 10.8. The van der Waals surface area contributed by atoms with Crippen LogP contribution < -0.4 is 0 Å². The van der Waals surface area contributed by atoms with E-state index in [0.717, 1.165) is 0 Å². The predicted molar refractivity (Wildman–Crippen MR) is 54.4 cm³/mol. The van der Waals surface area contributed by atoms with Crippen LogP contribution in [0.2, 0.25) is 0 Å². The third-order valence-corrected chi connectivity index (χ3v) is 2.18. The first kappa shape index (κ1) is 11.4. The van der Waals surface area contributed by atoms with E-state index in [2.05, 4.69) is 0 Å². The molecule has 0 atom stereocenters. The lowest BCUT2D eigenvalue weighted by molar-refractivity contribution is 0.0649. The van der Waals surface area contributed by atoms with Crippen LogP contribution in [0.25, 0.3) is 11.3 Å². The molecule has 0 saturated carbocycles. The minimum absolute atomic E-state index is 0.244. The van der Waals surface area contributed by atoms with Gasteiger partial charge in [-0.2, -0.15) is 0 Å². The maximum atomic E-state index is 12.7. The summed E-state index contributed by atoms with van der Waals surface area (Å²) >= 11 is 0. The standard InChI is InChI=1S/C12H7F3O2/c13-8-3-1-7(2-4-8)9-5-6-10(17-9)11(16)12(14)15/h1-6,12H. The zero-order valence-corrected chi connectivity index (χ0v) is 8.49. The van der Waals surface area contributed by atoms with Crippen molar-refractivity contribution in [3.8, 4) is 11.3 Å². The number of alkyl halides is 2. The Kier molecular flexibility index (Phi) is 2.99. The van der Waals surface area contributed by atoms with Gasteiger partial charge in [0.25, 0.3) is 5.78 Å². The number of halogens is 3. The molecule has 0 radical (unpaired) electrons. The van der Waals surface area contributed by atoms with Crippen LogP contribution in [0.4, 0.5) is 13.2 Å². The average Bonchev–Trinajstić information content (AvgIpc) is 2.78. The van der Waals surface area contributed by atoms with Crippen LogP contribution in [0.3, 0.4) is 0 Å². The molecule has 0 aliphatic heterocycles. The molecule has 0 amide bonds. The Balaban J connectivity index is 2.30. The quantitative estimate of drug-likeness (QED) is 0.768. The monoisotopic (exact) mass is 240 g/mol. The fourth-order valence-electron chi connectivity index (χ4n) is 1.35. The van der Waals surface area contributed by atoms with E-state index in [-0.39, 0.29) is 5.76 Å². The maximum Gasteiger partial charge on any atom is 0.303 e. The van der Waals surface area contributed by atoms with Gasteiger partial charge in [0.15, 0.2) is 5.76 Å². The van der Waals surface area contributed by atoms with Gasteiger partial charge in [-0.15, -0.1) is 0 Å². The van der Waals surface area contributed by atoms with Crippen LogP contribution in [0.1, 0.15) is 10.6 Å².